The van der Waals surface area contributed by atoms with E-state index in [4.69, 9.17) is 5.11 Å². The van der Waals surface area contributed by atoms with Crippen LogP contribution in [-0.2, 0) is 16.6 Å². The number of carboxylic acid groups (broad SMARTS) is 1. The number of sulfonamides is 1. The standard InChI is InChI=1S/C14H20N2O4S/c1-21(19,20)16-7-5-13(6-8-16)15-10-11-3-2-4-12(9-11)14(17)18/h2-4,9,13,15H,5-8,10H2,1H3,(H,17,18). The van der Waals surface area contributed by atoms with Gasteiger partial charge >= 0.3 is 5.97 Å². The molecule has 116 valence electrons. The predicted octanol–water partition coefficient (Wildman–Crippen LogP) is 0.898. The van der Waals surface area contributed by atoms with Gasteiger partial charge in [-0.05, 0) is 30.5 Å². The van der Waals surface area contributed by atoms with Crippen LogP contribution in [0.25, 0.3) is 0 Å². The lowest BCUT2D eigenvalue weighted by molar-refractivity contribution is 0.0696. The number of aromatic carboxylic acids is 1. The number of hydrogen-bond donors (Lipinski definition) is 2. The van der Waals surface area contributed by atoms with Crippen molar-refractivity contribution in [2.24, 2.45) is 0 Å². The fourth-order valence-electron chi connectivity index (χ4n) is 2.47. The van der Waals surface area contributed by atoms with Crippen LogP contribution in [0.5, 0.6) is 0 Å². The van der Waals surface area contributed by atoms with E-state index in [0.717, 1.165) is 18.4 Å². The van der Waals surface area contributed by atoms with Gasteiger partial charge in [0.25, 0.3) is 0 Å². The molecular weight excluding hydrogens is 292 g/mol. The van der Waals surface area contributed by atoms with E-state index in [2.05, 4.69) is 5.32 Å². The van der Waals surface area contributed by atoms with Gasteiger partial charge in [0.2, 0.25) is 10.0 Å². The second kappa shape index (κ2) is 6.55. The second-order valence-electron chi connectivity index (χ2n) is 5.32. The minimum Gasteiger partial charge on any atom is -0.478 e. The maximum Gasteiger partial charge on any atom is 0.335 e. The van der Waals surface area contributed by atoms with Crippen molar-refractivity contribution in [1.82, 2.24) is 9.62 Å². The quantitative estimate of drug-likeness (QED) is 0.843. The molecule has 0 aromatic heterocycles. The van der Waals surface area contributed by atoms with Gasteiger partial charge in [0.05, 0.1) is 11.8 Å². The van der Waals surface area contributed by atoms with E-state index < -0.39 is 16.0 Å². The molecule has 1 fully saturated rings. The summed E-state index contributed by atoms with van der Waals surface area (Å²) in [5, 5.41) is 12.3. The minimum absolute atomic E-state index is 0.261. The van der Waals surface area contributed by atoms with E-state index in [-0.39, 0.29) is 11.6 Å². The summed E-state index contributed by atoms with van der Waals surface area (Å²) in [6.45, 7) is 1.65. The number of hydrogen-bond acceptors (Lipinski definition) is 4. The fraction of sp³-hybridized carbons (Fsp3) is 0.500. The van der Waals surface area contributed by atoms with Crippen molar-refractivity contribution in [3.8, 4) is 0 Å². The fourth-order valence-corrected chi connectivity index (χ4v) is 3.34. The summed E-state index contributed by atoms with van der Waals surface area (Å²) in [5.41, 5.74) is 1.20. The van der Waals surface area contributed by atoms with Gasteiger partial charge in [0.1, 0.15) is 0 Å². The molecular formula is C14H20N2O4S. The van der Waals surface area contributed by atoms with E-state index in [9.17, 15) is 13.2 Å². The Hall–Kier alpha value is -1.44. The van der Waals surface area contributed by atoms with Crippen molar-refractivity contribution in [3.63, 3.8) is 0 Å². The SMILES string of the molecule is CS(=O)(=O)N1CCC(NCc2cccc(C(=O)O)c2)CC1. The van der Waals surface area contributed by atoms with E-state index in [1.807, 2.05) is 6.07 Å². The molecule has 0 atom stereocenters. The molecule has 21 heavy (non-hydrogen) atoms. The number of rotatable bonds is 5. The molecule has 0 aliphatic carbocycles. The van der Waals surface area contributed by atoms with Gasteiger partial charge in [-0.1, -0.05) is 12.1 Å². The predicted molar refractivity (Wildman–Crippen MR) is 79.7 cm³/mol. The molecule has 1 aromatic carbocycles. The molecule has 0 amide bonds. The van der Waals surface area contributed by atoms with E-state index in [0.29, 0.717) is 19.6 Å². The molecule has 0 unspecified atom stereocenters. The van der Waals surface area contributed by atoms with Crippen molar-refractivity contribution in [2.45, 2.75) is 25.4 Å². The topological polar surface area (TPSA) is 86.7 Å². The zero-order chi connectivity index (χ0) is 15.5. The first-order chi connectivity index (χ1) is 9.86. The van der Waals surface area contributed by atoms with Gasteiger partial charge in [0.15, 0.2) is 0 Å². The number of benzene rings is 1. The molecule has 1 saturated heterocycles. The van der Waals surface area contributed by atoms with Crippen LogP contribution in [0.1, 0.15) is 28.8 Å². The van der Waals surface area contributed by atoms with Crippen LogP contribution < -0.4 is 5.32 Å². The normalized spacial score (nSPS) is 17.8. The highest BCUT2D eigenvalue weighted by Gasteiger charge is 2.24. The average molecular weight is 312 g/mol. The lowest BCUT2D eigenvalue weighted by atomic mass is 10.1. The highest BCUT2D eigenvalue weighted by Crippen LogP contribution is 2.14. The molecule has 7 heteroatoms. The lowest BCUT2D eigenvalue weighted by Crippen LogP contribution is -2.44. The van der Waals surface area contributed by atoms with Crippen LogP contribution >= 0.6 is 0 Å². The Morgan fingerprint density at radius 3 is 2.62 bits per heavy atom. The number of carbonyl (C=O) groups is 1. The Balaban J connectivity index is 1.85. The highest BCUT2D eigenvalue weighted by atomic mass is 32.2. The molecule has 0 saturated carbocycles. The lowest BCUT2D eigenvalue weighted by Gasteiger charge is -2.30. The van der Waals surface area contributed by atoms with Gasteiger partial charge in [-0.15, -0.1) is 0 Å². The smallest absolute Gasteiger partial charge is 0.335 e. The number of piperidine rings is 1. The summed E-state index contributed by atoms with van der Waals surface area (Å²) < 4.78 is 24.3. The van der Waals surface area contributed by atoms with E-state index >= 15 is 0 Å². The van der Waals surface area contributed by atoms with Gasteiger partial charge in [0, 0.05) is 25.7 Å². The largest absolute Gasteiger partial charge is 0.478 e. The van der Waals surface area contributed by atoms with Crippen LogP contribution in [0.15, 0.2) is 24.3 Å². The third-order valence-corrected chi connectivity index (χ3v) is 4.99. The first-order valence-corrected chi connectivity index (χ1v) is 8.72. The molecule has 2 rings (SSSR count). The Bertz CT molecular complexity index is 607. The third kappa shape index (κ3) is 4.52. The van der Waals surface area contributed by atoms with Crippen molar-refractivity contribution >= 4 is 16.0 Å². The van der Waals surface area contributed by atoms with Crippen molar-refractivity contribution in [2.75, 3.05) is 19.3 Å². The zero-order valence-electron chi connectivity index (χ0n) is 11.9. The Morgan fingerprint density at radius 1 is 1.38 bits per heavy atom. The second-order valence-corrected chi connectivity index (χ2v) is 7.31. The maximum absolute atomic E-state index is 11.4. The van der Waals surface area contributed by atoms with E-state index in [1.54, 1.807) is 18.2 Å². The Kier molecular flexibility index (Phi) is 4.97. The van der Waals surface area contributed by atoms with Gasteiger partial charge in [-0.2, -0.15) is 0 Å². The summed E-state index contributed by atoms with van der Waals surface area (Å²) in [6, 6.07) is 7.09. The van der Waals surface area contributed by atoms with Gasteiger partial charge in [-0.3, -0.25) is 0 Å². The van der Waals surface area contributed by atoms with Gasteiger partial charge < -0.3 is 10.4 Å². The molecule has 1 heterocycles. The Morgan fingerprint density at radius 2 is 2.05 bits per heavy atom. The molecule has 1 aromatic rings. The Labute approximate surface area is 124 Å². The number of nitrogens with one attached hydrogen (secondary N) is 1. The molecule has 0 radical (unpaired) electrons. The van der Waals surface area contributed by atoms with Gasteiger partial charge in [-0.25, -0.2) is 17.5 Å². The van der Waals surface area contributed by atoms with Crippen LogP contribution in [0.2, 0.25) is 0 Å². The van der Waals surface area contributed by atoms with E-state index in [1.165, 1.54) is 10.6 Å². The summed E-state index contributed by atoms with van der Waals surface area (Å²) >= 11 is 0. The van der Waals surface area contributed by atoms with Crippen LogP contribution in [-0.4, -0.2) is 49.2 Å². The summed E-state index contributed by atoms with van der Waals surface area (Å²) in [5.74, 6) is -0.932. The van der Waals surface area contributed by atoms with Crippen molar-refractivity contribution < 1.29 is 18.3 Å². The summed E-state index contributed by atoms with van der Waals surface area (Å²) in [4.78, 5) is 10.9. The monoisotopic (exact) mass is 312 g/mol. The van der Waals surface area contributed by atoms with Crippen LogP contribution in [0, 0.1) is 0 Å². The molecule has 6 nitrogen and oxygen atoms in total. The average Bonchev–Trinajstić information content (AvgIpc) is 2.45. The zero-order valence-corrected chi connectivity index (χ0v) is 12.8. The highest BCUT2D eigenvalue weighted by molar-refractivity contribution is 7.88. The molecule has 1 aliphatic rings. The van der Waals surface area contributed by atoms with Crippen LogP contribution in [0.4, 0.5) is 0 Å². The van der Waals surface area contributed by atoms with Crippen LogP contribution in [0.3, 0.4) is 0 Å². The van der Waals surface area contributed by atoms with Crippen molar-refractivity contribution in [3.05, 3.63) is 35.4 Å². The first kappa shape index (κ1) is 15.9. The molecule has 1 aliphatic heterocycles. The molecule has 0 spiro atoms. The number of nitrogens with zero attached hydrogens (tertiary/aromatic N) is 1. The third-order valence-electron chi connectivity index (χ3n) is 3.69. The first-order valence-electron chi connectivity index (χ1n) is 6.87. The molecule has 0 bridgehead atoms. The minimum atomic E-state index is -3.09. The van der Waals surface area contributed by atoms with Crippen molar-refractivity contribution in [1.29, 1.82) is 0 Å². The summed E-state index contributed by atoms with van der Waals surface area (Å²) in [7, 11) is -3.09. The number of carboxylic acids is 1. The summed E-state index contributed by atoms with van der Waals surface area (Å²) in [6.07, 6.45) is 2.77. The maximum atomic E-state index is 11.4. The molecule has 2 N–H and O–H groups in total.